The molecule has 0 atom stereocenters. The minimum Gasteiger partial charge on any atom is -0.463 e. The van der Waals surface area contributed by atoms with Crippen LogP contribution >= 0.6 is 0 Å². The standard InChI is InChI=1S/C16H10O4/c17-10-20-12-6-7-13-15(8-12)19-9-14(16(13)18)11-4-2-1-3-5-11/h1-10H. The maximum Gasteiger partial charge on any atom is 0.298 e. The van der Waals surface area contributed by atoms with Gasteiger partial charge < -0.3 is 9.15 Å². The Labute approximate surface area is 114 Å². The average Bonchev–Trinajstić information content (AvgIpc) is 2.49. The van der Waals surface area contributed by atoms with Gasteiger partial charge in [0.1, 0.15) is 17.6 Å². The Morgan fingerprint density at radius 3 is 2.60 bits per heavy atom. The highest BCUT2D eigenvalue weighted by Gasteiger charge is 2.09. The van der Waals surface area contributed by atoms with Crippen LogP contribution in [0, 0.1) is 0 Å². The zero-order valence-electron chi connectivity index (χ0n) is 10.4. The summed E-state index contributed by atoms with van der Waals surface area (Å²) >= 11 is 0. The van der Waals surface area contributed by atoms with E-state index in [9.17, 15) is 9.59 Å². The lowest BCUT2D eigenvalue weighted by Gasteiger charge is -2.03. The van der Waals surface area contributed by atoms with Crippen molar-refractivity contribution in [3.05, 3.63) is 65.0 Å². The monoisotopic (exact) mass is 266 g/mol. The molecule has 4 nitrogen and oxygen atoms in total. The zero-order valence-corrected chi connectivity index (χ0v) is 10.4. The first-order valence-electron chi connectivity index (χ1n) is 6.01. The topological polar surface area (TPSA) is 56.5 Å². The first-order valence-corrected chi connectivity index (χ1v) is 6.01. The van der Waals surface area contributed by atoms with Gasteiger partial charge >= 0.3 is 0 Å². The van der Waals surface area contributed by atoms with Crippen molar-refractivity contribution < 1.29 is 13.9 Å². The lowest BCUT2D eigenvalue weighted by Crippen LogP contribution is -2.04. The van der Waals surface area contributed by atoms with Gasteiger partial charge in [-0.1, -0.05) is 30.3 Å². The Bertz CT molecular complexity index is 819. The fourth-order valence-electron chi connectivity index (χ4n) is 2.05. The number of carbonyl (C=O) groups excluding carboxylic acids is 1. The molecule has 0 radical (unpaired) electrons. The Balaban J connectivity index is 2.19. The van der Waals surface area contributed by atoms with E-state index in [2.05, 4.69) is 0 Å². The molecular formula is C16H10O4. The predicted octanol–water partition coefficient (Wildman–Crippen LogP) is 3.00. The number of ether oxygens (including phenoxy) is 1. The van der Waals surface area contributed by atoms with Crippen LogP contribution in [0.1, 0.15) is 0 Å². The van der Waals surface area contributed by atoms with E-state index in [1.807, 2.05) is 30.3 Å². The molecule has 1 heterocycles. The van der Waals surface area contributed by atoms with Gasteiger partial charge in [-0.25, -0.2) is 0 Å². The van der Waals surface area contributed by atoms with E-state index in [-0.39, 0.29) is 5.43 Å². The van der Waals surface area contributed by atoms with Gasteiger partial charge in [0, 0.05) is 6.07 Å². The number of rotatable bonds is 3. The molecule has 2 aromatic carbocycles. The SMILES string of the molecule is O=COc1ccc2c(=O)c(-c3ccccc3)coc2c1. The number of hydrogen-bond acceptors (Lipinski definition) is 4. The Kier molecular flexibility index (Phi) is 3.05. The lowest BCUT2D eigenvalue weighted by atomic mass is 10.1. The van der Waals surface area contributed by atoms with Crippen molar-refractivity contribution in [1.29, 1.82) is 0 Å². The summed E-state index contributed by atoms with van der Waals surface area (Å²) in [4.78, 5) is 22.7. The molecule has 98 valence electrons. The second-order valence-corrected chi connectivity index (χ2v) is 4.22. The normalized spacial score (nSPS) is 10.4. The Morgan fingerprint density at radius 1 is 1.05 bits per heavy atom. The van der Waals surface area contributed by atoms with E-state index in [1.165, 1.54) is 12.3 Å². The van der Waals surface area contributed by atoms with Crippen molar-refractivity contribution in [2.24, 2.45) is 0 Å². The highest BCUT2D eigenvalue weighted by molar-refractivity contribution is 5.82. The van der Waals surface area contributed by atoms with E-state index < -0.39 is 0 Å². The molecule has 3 aromatic rings. The summed E-state index contributed by atoms with van der Waals surface area (Å²) in [5.41, 5.74) is 1.57. The summed E-state index contributed by atoms with van der Waals surface area (Å²) in [5, 5.41) is 0.449. The van der Waals surface area contributed by atoms with Gasteiger partial charge in [0.25, 0.3) is 6.47 Å². The van der Waals surface area contributed by atoms with Crippen molar-refractivity contribution in [3.63, 3.8) is 0 Å². The molecular weight excluding hydrogens is 256 g/mol. The quantitative estimate of drug-likeness (QED) is 0.684. The van der Waals surface area contributed by atoms with Crippen LogP contribution in [0.3, 0.4) is 0 Å². The van der Waals surface area contributed by atoms with Crippen LogP contribution in [0.25, 0.3) is 22.1 Å². The third-order valence-corrected chi connectivity index (χ3v) is 3.02. The van der Waals surface area contributed by atoms with Crippen molar-refractivity contribution in [3.8, 4) is 16.9 Å². The van der Waals surface area contributed by atoms with Gasteiger partial charge in [-0.05, 0) is 17.7 Å². The van der Waals surface area contributed by atoms with Crippen molar-refractivity contribution in [2.45, 2.75) is 0 Å². The lowest BCUT2D eigenvalue weighted by molar-refractivity contribution is -0.120. The van der Waals surface area contributed by atoms with Gasteiger partial charge in [-0.15, -0.1) is 0 Å². The van der Waals surface area contributed by atoms with Crippen LogP contribution in [0.15, 0.2) is 64.0 Å². The van der Waals surface area contributed by atoms with Crippen LogP contribution in [-0.2, 0) is 4.79 Å². The number of fused-ring (bicyclic) bond motifs is 1. The van der Waals surface area contributed by atoms with E-state index in [0.29, 0.717) is 28.8 Å². The molecule has 0 amide bonds. The fourth-order valence-corrected chi connectivity index (χ4v) is 2.05. The van der Waals surface area contributed by atoms with Crippen molar-refractivity contribution in [1.82, 2.24) is 0 Å². The van der Waals surface area contributed by atoms with E-state index in [0.717, 1.165) is 5.56 Å². The number of hydrogen-bond donors (Lipinski definition) is 0. The van der Waals surface area contributed by atoms with Crippen LogP contribution in [0.2, 0.25) is 0 Å². The highest BCUT2D eigenvalue weighted by Crippen LogP contribution is 2.22. The van der Waals surface area contributed by atoms with E-state index >= 15 is 0 Å². The minimum absolute atomic E-state index is 0.116. The van der Waals surface area contributed by atoms with Crippen LogP contribution < -0.4 is 10.2 Å². The van der Waals surface area contributed by atoms with Crippen molar-refractivity contribution in [2.75, 3.05) is 0 Å². The van der Waals surface area contributed by atoms with Crippen molar-refractivity contribution >= 4 is 17.4 Å². The first-order chi connectivity index (χ1) is 9.79. The molecule has 0 aliphatic rings. The summed E-state index contributed by atoms with van der Waals surface area (Å²) in [6.07, 6.45) is 1.42. The van der Waals surface area contributed by atoms with Crippen LogP contribution in [-0.4, -0.2) is 6.47 Å². The van der Waals surface area contributed by atoms with Gasteiger partial charge in [-0.3, -0.25) is 9.59 Å². The van der Waals surface area contributed by atoms with Crippen LogP contribution in [0.4, 0.5) is 0 Å². The molecule has 0 aliphatic carbocycles. The maximum atomic E-state index is 12.4. The number of carbonyl (C=O) groups is 1. The molecule has 0 N–H and O–H groups in total. The summed E-state index contributed by atoms with van der Waals surface area (Å²) in [7, 11) is 0. The molecule has 0 saturated heterocycles. The summed E-state index contributed by atoms with van der Waals surface area (Å²) in [6, 6.07) is 14.0. The molecule has 4 heteroatoms. The van der Waals surface area contributed by atoms with E-state index in [4.69, 9.17) is 9.15 Å². The third kappa shape index (κ3) is 2.07. The Hall–Kier alpha value is -2.88. The maximum absolute atomic E-state index is 12.4. The third-order valence-electron chi connectivity index (χ3n) is 3.02. The molecule has 0 bridgehead atoms. The molecule has 0 fully saturated rings. The van der Waals surface area contributed by atoms with Gasteiger partial charge in [0.05, 0.1) is 10.9 Å². The summed E-state index contributed by atoms with van der Waals surface area (Å²) < 4.78 is 10.2. The smallest absolute Gasteiger partial charge is 0.298 e. The molecule has 3 rings (SSSR count). The van der Waals surface area contributed by atoms with Gasteiger partial charge in [0.2, 0.25) is 0 Å². The summed E-state index contributed by atoms with van der Waals surface area (Å²) in [6.45, 7) is 0.331. The van der Waals surface area contributed by atoms with Gasteiger partial charge in [-0.2, -0.15) is 0 Å². The second-order valence-electron chi connectivity index (χ2n) is 4.22. The largest absolute Gasteiger partial charge is 0.463 e. The first kappa shape index (κ1) is 12.2. The predicted molar refractivity (Wildman–Crippen MR) is 74.6 cm³/mol. The highest BCUT2D eigenvalue weighted by atomic mass is 16.5. The van der Waals surface area contributed by atoms with E-state index in [1.54, 1.807) is 12.1 Å². The minimum atomic E-state index is -0.116. The molecule has 0 unspecified atom stereocenters. The van der Waals surface area contributed by atoms with Gasteiger partial charge in [0.15, 0.2) is 5.43 Å². The Morgan fingerprint density at radius 2 is 1.85 bits per heavy atom. The molecule has 20 heavy (non-hydrogen) atoms. The fraction of sp³-hybridized carbons (Fsp3) is 0. The summed E-state index contributed by atoms with van der Waals surface area (Å²) in [5.74, 6) is 0.336. The second kappa shape index (κ2) is 5.01. The molecule has 0 aliphatic heterocycles. The zero-order chi connectivity index (χ0) is 13.9. The molecule has 1 aromatic heterocycles. The average molecular weight is 266 g/mol. The van der Waals surface area contributed by atoms with Crippen LogP contribution in [0.5, 0.6) is 5.75 Å². The number of benzene rings is 2. The molecule has 0 spiro atoms. The molecule has 0 saturated carbocycles.